The first-order valence-corrected chi connectivity index (χ1v) is 16.3. The van der Waals surface area contributed by atoms with E-state index < -0.39 is 0 Å². The minimum absolute atomic E-state index is 0.0237. The predicted octanol–water partition coefficient (Wildman–Crippen LogP) is 9.18. The lowest BCUT2D eigenvalue weighted by Gasteiger charge is -2.16. The highest BCUT2D eigenvalue weighted by Crippen LogP contribution is 2.36. The standard InChI is InChI=1S/C37H47N3O5/c1-5-9-11-25(7-3)23-44-29-17-19-31(33(42)21-29)36-38-35(27-13-15-28(41)16-14-27)39-37(40-36)32-20-18-30(22-34(32)43)45-24-26(8-4)12-10-6-2/h13-22,25-26,41-43H,5-12,23-24H2,1-4H3. The number of aromatic nitrogens is 3. The van der Waals surface area contributed by atoms with Crippen LogP contribution in [-0.2, 0) is 0 Å². The lowest BCUT2D eigenvalue weighted by molar-refractivity contribution is 0.232. The predicted molar refractivity (Wildman–Crippen MR) is 179 cm³/mol. The maximum absolute atomic E-state index is 11.1. The molecule has 45 heavy (non-hydrogen) atoms. The fourth-order valence-electron chi connectivity index (χ4n) is 5.16. The zero-order chi connectivity index (χ0) is 32.2. The third-order valence-corrected chi connectivity index (χ3v) is 8.24. The minimum Gasteiger partial charge on any atom is -0.508 e. The number of hydrogen-bond donors (Lipinski definition) is 3. The van der Waals surface area contributed by atoms with Crippen LogP contribution in [0.4, 0.5) is 0 Å². The summed E-state index contributed by atoms with van der Waals surface area (Å²) in [4.78, 5) is 14.0. The molecular formula is C37H47N3O5. The summed E-state index contributed by atoms with van der Waals surface area (Å²) in [6.45, 7) is 9.89. The van der Waals surface area contributed by atoms with Crippen molar-refractivity contribution in [3.8, 4) is 62.9 Å². The van der Waals surface area contributed by atoms with Crippen LogP contribution in [0.2, 0.25) is 0 Å². The van der Waals surface area contributed by atoms with Gasteiger partial charge >= 0.3 is 0 Å². The normalized spacial score (nSPS) is 12.5. The second-order valence-corrected chi connectivity index (χ2v) is 11.7. The maximum atomic E-state index is 11.1. The Morgan fingerprint density at radius 2 is 1.02 bits per heavy atom. The van der Waals surface area contributed by atoms with Crippen molar-refractivity contribution in [2.45, 2.75) is 79.1 Å². The fraction of sp³-hybridized carbons (Fsp3) is 0.432. The van der Waals surface area contributed by atoms with Crippen molar-refractivity contribution in [1.82, 2.24) is 15.0 Å². The van der Waals surface area contributed by atoms with Crippen LogP contribution >= 0.6 is 0 Å². The fourth-order valence-corrected chi connectivity index (χ4v) is 5.16. The van der Waals surface area contributed by atoms with Crippen LogP contribution in [0, 0.1) is 11.8 Å². The van der Waals surface area contributed by atoms with Crippen LogP contribution in [0.25, 0.3) is 34.2 Å². The van der Waals surface area contributed by atoms with Crippen LogP contribution in [0.1, 0.15) is 79.1 Å². The summed E-state index contributed by atoms with van der Waals surface area (Å²) >= 11 is 0. The average Bonchev–Trinajstić information content (AvgIpc) is 3.05. The van der Waals surface area contributed by atoms with Gasteiger partial charge in [0.2, 0.25) is 0 Å². The summed E-state index contributed by atoms with van der Waals surface area (Å²) in [7, 11) is 0. The molecule has 8 nitrogen and oxygen atoms in total. The molecule has 4 rings (SSSR count). The highest BCUT2D eigenvalue weighted by Gasteiger charge is 2.18. The lowest BCUT2D eigenvalue weighted by atomic mass is 10.0. The minimum atomic E-state index is -0.0237. The number of benzene rings is 3. The van der Waals surface area contributed by atoms with Crippen LogP contribution < -0.4 is 9.47 Å². The zero-order valence-electron chi connectivity index (χ0n) is 27.0. The molecule has 0 saturated carbocycles. The van der Waals surface area contributed by atoms with Gasteiger partial charge in [0.1, 0.15) is 28.7 Å². The highest BCUT2D eigenvalue weighted by molar-refractivity contribution is 5.72. The van der Waals surface area contributed by atoms with E-state index in [0.717, 1.165) is 38.5 Å². The Balaban J connectivity index is 1.64. The van der Waals surface area contributed by atoms with Crippen molar-refractivity contribution >= 4 is 0 Å². The molecule has 0 aliphatic carbocycles. The molecule has 0 saturated heterocycles. The number of unbranched alkanes of at least 4 members (excludes halogenated alkanes) is 2. The van der Waals surface area contributed by atoms with E-state index in [1.165, 1.54) is 12.8 Å². The van der Waals surface area contributed by atoms with Gasteiger partial charge in [0.05, 0.1) is 24.3 Å². The first-order chi connectivity index (χ1) is 21.8. The van der Waals surface area contributed by atoms with Crippen molar-refractivity contribution in [2.75, 3.05) is 13.2 Å². The maximum Gasteiger partial charge on any atom is 0.167 e. The Morgan fingerprint density at radius 1 is 0.578 bits per heavy atom. The molecule has 4 aromatic rings. The number of phenolic OH excluding ortho intramolecular Hbond substituents is 3. The smallest absolute Gasteiger partial charge is 0.167 e. The first-order valence-electron chi connectivity index (χ1n) is 16.3. The molecule has 2 atom stereocenters. The number of phenols is 3. The Kier molecular flexibility index (Phi) is 12.4. The molecule has 0 amide bonds. The van der Waals surface area contributed by atoms with Gasteiger partial charge in [-0.2, -0.15) is 0 Å². The van der Waals surface area contributed by atoms with Gasteiger partial charge in [-0.3, -0.25) is 0 Å². The van der Waals surface area contributed by atoms with Crippen LogP contribution in [0.5, 0.6) is 28.7 Å². The van der Waals surface area contributed by atoms with Crippen molar-refractivity contribution < 1.29 is 24.8 Å². The molecule has 3 N–H and O–H groups in total. The van der Waals surface area contributed by atoms with E-state index in [-0.39, 0.29) is 28.9 Å². The number of nitrogens with zero attached hydrogens (tertiary/aromatic N) is 3. The van der Waals surface area contributed by atoms with Gasteiger partial charge in [0, 0.05) is 17.7 Å². The Bertz CT molecular complexity index is 1420. The molecule has 0 spiro atoms. The van der Waals surface area contributed by atoms with E-state index in [0.29, 0.717) is 59.1 Å². The van der Waals surface area contributed by atoms with Crippen molar-refractivity contribution in [1.29, 1.82) is 0 Å². The second-order valence-electron chi connectivity index (χ2n) is 11.7. The van der Waals surface area contributed by atoms with E-state index in [9.17, 15) is 15.3 Å². The summed E-state index contributed by atoms with van der Waals surface area (Å²) < 4.78 is 12.1. The van der Waals surface area contributed by atoms with Gasteiger partial charge in [-0.25, -0.2) is 15.0 Å². The van der Waals surface area contributed by atoms with Crippen LogP contribution in [0.15, 0.2) is 60.7 Å². The monoisotopic (exact) mass is 613 g/mol. The Morgan fingerprint density at radius 3 is 1.42 bits per heavy atom. The largest absolute Gasteiger partial charge is 0.508 e. The molecule has 3 aromatic carbocycles. The Labute approximate surface area is 267 Å². The van der Waals surface area contributed by atoms with Gasteiger partial charge in [0.15, 0.2) is 17.5 Å². The molecule has 8 heteroatoms. The van der Waals surface area contributed by atoms with E-state index in [4.69, 9.17) is 9.47 Å². The quantitative estimate of drug-likeness (QED) is 0.108. The first kappa shape index (κ1) is 33.6. The third kappa shape index (κ3) is 9.33. The molecule has 1 heterocycles. The SMILES string of the molecule is CCCCC(CC)COc1ccc(-c2nc(-c3ccc(O)cc3)nc(-c3ccc(OCC(CC)CCCC)cc3O)n2)c(O)c1. The second kappa shape index (κ2) is 16.7. The van der Waals surface area contributed by atoms with Gasteiger partial charge in [0.25, 0.3) is 0 Å². The number of ether oxygens (including phenoxy) is 2. The molecule has 0 aliphatic heterocycles. The van der Waals surface area contributed by atoms with Gasteiger partial charge in [-0.05, 0) is 73.2 Å². The molecule has 2 unspecified atom stereocenters. The summed E-state index contributed by atoms with van der Waals surface area (Å²) in [5, 5.41) is 31.9. The van der Waals surface area contributed by atoms with E-state index in [1.807, 2.05) is 0 Å². The van der Waals surface area contributed by atoms with Crippen LogP contribution in [-0.4, -0.2) is 43.5 Å². The molecule has 0 aliphatic rings. The van der Waals surface area contributed by atoms with Crippen molar-refractivity contribution in [3.63, 3.8) is 0 Å². The summed E-state index contributed by atoms with van der Waals surface area (Å²) in [5.41, 5.74) is 1.45. The average molecular weight is 614 g/mol. The number of rotatable bonds is 17. The van der Waals surface area contributed by atoms with E-state index in [1.54, 1.807) is 60.7 Å². The molecule has 240 valence electrons. The molecule has 0 bridgehead atoms. The summed E-state index contributed by atoms with van der Waals surface area (Å²) in [6, 6.07) is 16.8. The molecule has 0 fully saturated rings. The number of hydrogen-bond acceptors (Lipinski definition) is 8. The molecular weight excluding hydrogens is 566 g/mol. The summed E-state index contributed by atoms with van der Waals surface area (Å²) in [6.07, 6.45) is 8.94. The molecule has 0 radical (unpaired) electrons. The van der Waals surface area contributed by atoms with E-state index in [2.05, 4.69) is 42.6 Å². The topological polar surface area (TPSA) is 118 Å². The third-order valence-electron chi connectivity index (χ3n) is 8.24. The molecule has 1 aromatic heterocycles. The lowest BCUT2D eigenvalue weighted by Crippen LogP contribution is -2.11. The van der Waals surface area contributed by atoms with Crippen LogP contribution in [0.3, 0.4) is 0 Å². The van der Waals surface area contributed by atoms with E-state index >= 15 is 0 Å². The summed E-state index contributed by atoms with van der Waals surface area (Å²) in [5.74, 6) is 2.96. The van der Waals surface area contributed by atoms with Gasteiger partial charge < -0.3 is 24.8 Å². The van der Waals surface area contributed by atoms with Gasteiger partial charge in [-0.1, -0.05) is 66.2 Å². The zero-order valence-corrected chi connectivity index (χ0v) is 27.0. The number of aromatic hydroxyl groups is 3. The van der Waals surface area contributed by atoms with Crippen molar-refractivity contribution in [3.05, 3.63) is 60.7 Å². The Hall–Kier alpha value is -4.33. The van der Waals surface area contributed by atoms with Crippen molar-refractivity contribution in [2.24, 2.45) is 11.8 Å². The highest BCUT2D eigenvalue weighted by atomic mass is 16.5. The van der Waals surface area contributed by atoms with Gasteiger partial charge in [-0.15, -0.1) is 0 Å².